The Morgan fingerprint density at radius 2 is 0.957 bits per heavy atom. The highest BCUT2D eigenvalue weighted by molar-refractivity contribution is 5.07. The molecule has 0 aromatic carbocycles. The fraction of sp³-hybridized carbons (Fsp3) is 0.810. The van der Waals surface area contributed by atoms with E-state index in [2.05, 4.69) is 13.2 Å². The predicted octanol–water partition coefficient (Wildman–Crippen LogP) is 5.15. The quantitative estimate of drug-likeness (QED) is 0.503. The molecule has 2 nitrogen and oxygen atoms in total. The van der Waals surface area contributed by atoms with Gasteiger partial charge >= 0.3 is 0 Å². The van der Waals surface area contributed by atoms with Crippen molar-refractivity contribution in [3.63, 3.8) is 0 Å². The molecule has 0 bridgehead atoms. The van der Waals surface area contributed by atoms with E-state index in [1.807, 2.05) is 0 Å². The molecule has 2 fully saturated rings. The number of hydrogen-bond acceptors (Lipinski definition) is 2. The van der Waals surface area contributed by atoms with E-state index in [-0.39, 0.29) is 0 Å². The van der Waals surface area contributed by atoms with E-state index >= 15 is 0 Å². The molecule has 0 radical (unpaired) electrons. The summed E-state index contributed by atoms with van der Waals surface area (Å²) >= 11 is 0. The van der Waals surface area contributed by atoms with Gasteiger partial charge in [-0.15, -0.1) is 13.2 Å². The minimum atomic E-state index is -0.837. The summed E-state index contributed by atoms with van der Waals surface area (Å²) in [6.07, 6.45) is 17.7. The lowest BCUT2D eigenvalue weighted by molar-refractivity contribution is -0.0389. The summed E-state index contributed by atoms with van der Waals surface area (Å²) in [5.74, 6) is 0.597. The van der Waals surface area contributed by atoms with Gasteiger partial charge in [-0.25, -0.2) is 0 Å². The molecule has 0 aromatic rings. The first-order valence-electron chi connectivity index (χ1n) is 9.76. The van der Waals surface area contributed by atoms with Crippen LogP contribution < -0.4 is 0 Å². The smallest absolute Gasteiger partial charge is 0.0854 e. The first-order valence-corrected chi connectivity index (χ1v) is 9.76. The van der Waals surface area contributed by atoms with Crippen LogP contribution in [-0.2, 0) is 0 Å². The van der Waals surface area contributed by atoms with Gasteiger partial charge in [0.2, 0.25) is 0 Å². The highest BCUT2D eigenvalue weighted by Gasteiger charge is 2.39. The van der Waals surface area contributed by atoms with E-state index < -0.39 is 11.2 Å². The standard InChI is InChI=1S/C21H36O2/c1-3-20(22,18-12-8-5-6-9-13-18)16-17-21(23,4-2)19-14-10-7-11-15-19/h3-4,18-19,22-23H,1-2,5-17H2. The highest BCUT2D eigenvalue weighted by Crippen LogP contribution is 2.41. The zero-order chi connectivity index (χ0) is 16.8. The fourth-order valence-corrected chi connectivity index (χ4v) is 4.73. The van der Waals surface area contributed by atoms with Crippen LogP contribution in [0.4, 0.5) is 0 Å². The monoisotopic (exact) mass is 320 g/mol. The molecule has 0 spiro atoms. The molecule has 132 valence electrons. The minimum Gasteiger partial charge on any atom is -0.386 e. The van der Waals surface area contributed by atoms with Gasteiger partial charge in [-0.05, 0) is 50.4 Å². The maximum Gasteiger partial charge on any atom is 0.0854 e. The van der Waals surface area contributed by atoms with Gasteiger partial charge in [0, 0.05) is 0 Å². The van der Waals surface area contributed by atoms with Crippen molar-refractivity contribution in [2.45, 2.75) is 94.7 Å². The van der Waals surface area contributed by atoms with Crippen LogP contribution in [0.5, 0.6) is 0 Å². The topological polar surface area (TPSA) is 40.5 Å². The number of aliphatic hydroxyl groups is 2. The molecule has 0 saturated heterocycles. The first kappa shape index (κ1) is 18.7. The molecule has 2 aliphatic carbocycles. The largest absolute Gasteiger partial charge is 0.386 e. The molecule has 0 aliphatic heterocycles. The normalized spacial score (nSPS) is 26.7. The summed E-state index contributed by atoms with van der Waals surface area (Å²) in [5, 5.41) is 22.3. The second-order valence-corrected chi connectivity index (χ2v) is 7.91. The van der Waals surface area contributed by atoms with Gasteiger partial charge in [-0.1, -0.05) is 57.1 Å². The lowest BCUT2D eigenvalue weighted by atomic mass is 9.71. The Morgan fingerprint density at radius 1 is 0.652 bits per heavy atom. The third kappa shape index (κ3) is 4.70. The van der Waals surface area contributed by atoms with E-state index in [4.69, 9.17) is 0 Å². The summed E-state index contributed by atoms with van der Waals surface area (Å²) in [4.78, 5) is 0. The van der Waals surface area contributed by atoms with Crippen LogP contribution in [0, 0.1) is 11.8 Å². The van der Waals surface area contributed by atoms with Gasteiger partial charge in [-0.3, -0.25) is 0 Å². The van der Waals surface area contributed by atoms with Crippen molar-refractivity contribution in [1.82, 2.24) is 0 Å². The van der Waals surface area contributed by atoms with Gasteiger partial charge in [0.25, 0.3) is 0 Å². The van der Waals surface area contributed by atoms with E-state index in [1.165, 1.54) is 44.9 Å². The number of rotatable bonds is 7. The Hall–Kier alpha value is -0.600. The average molecular weight is 321 g/mol. The second kappa shape index (κ2) is 8.48. The molecule has 2 heteroatoms. The molecule has 23 heavy (non-hydrogen) atoms. The average Bonchev–Trinajstić information content (AvgIpc) is 2.90. The van der Waals surface area contributed by atoms with Crippen molar-refractivity contribution >= 4 is 0 Å². The maximum atomic E-state index is 11.2. The van der Waals surface area contributed by atoms with Crippen LogP contribution in [0.3, 0.4) is 0 Å². The molecule has 2 N–H and O–H groups in total. The van der Waals surface area contributed by atoms with E-state index in [0.29, 0.717) is 24.7 Å². The van der Waals surface area contributed by atoms with Gasteiger partial charge in [0.05, 0.1) is 11.2 Å². The SMILES string of the molecule is C=CC(O)(CCC(O)(C=C)C1CCCCC1)C1CCCCCC1. The molecule has 0 amide bonds. The lowest BCUT2D eigenvalue weighted by Gasteiger charge is -2.40. The zero-order valence-corrected chi connectivity index (χ0v) is 14.8. The van der Waals surface area contributed by atoms with Crippen molar-refractivity contribution in [3.05, 3.63) is 25.3 Å². The molecular weight excluding hydrogens is 284 g/mol. The molecule has 0 heterocycles. The fourth-order valence-electron chi connectivity index (χ4n) is 4.73. The van der Waals surface area contributed by atoms with Gasteiger partial charge in [0.15, 0.2) is 0 Å². The number of hydrogen-bond donors (Lipinski definition) is 2. The van der Waals surface area contributed by atoms with Crippen molar-refractivity contribution < 1.29 is 10.2 Å². The van der Waals surface area contributed by atoms with Crippen LogP contribution in [-0.4, -0.2) is 21.4 Å². The van der Waals surface area contributed by atoms with E-state index in [9.17, 15) is 10.2 Å². The third-order valence-electron chi connectivity index (χ3n) is 6.51. The summed E-state index contributed by atoms with van der Waals surface area (Å²) in [5.41, 5.74) is -1.67. The van der Waals surface area contributed by atoms with Crippen molar-refractivity contribution in [2.24, 2.45) is 11.8 Å². The van der Waals surface area contributed by atoms with Crippen LogP contribution >= 0.6 is 0 Å². The van der Waals surface area contributed by atoms with Crippen LogP contribution in [0.2, 0.25) is 0 Å². The summed E-state index contributed by atoms with van der Waals surface area (Å²) in [6.45, 7) is 7.82. The molecule has 2 saturated carbocycles. The zero-order valence-electron chi connectivity index (χ0n) is 14.8. The first-order chi connectivity index (χ1) is 11.0. The van der Waals surface area contributed by atoms with E-state index in [1.54, 1.807) is 12.2 Å². The predicted molar refractivity (Wildman–Crippen MR) is 97.3 cm³/mol. The summed E-state index contributed by atoms with van der Waals surface area (Å²) in [7, 11) is 0. The highest BCUT2D eigenvalue weighted by atomic mass is 16.3. The molecule has 2 unspecified atom stereocenters. The molecule has 2 aliphatic rings. The third-order valence-corrected chi connectivity index (χ3v) is 6.51. The molecule has 2 atom stereocenters. The van der Waals surface area contributed by atoms with Crippen molar-refractivity contribution in [1.29, 1.82) is 0 Å². The van der Waals surface area contributed by atoms with Crippen molar-refractivity contribution in [3.8, 4) is 0 Å². The summed E-state index contributed by atoms with van der Waals surface area (Å²) < 4.78 is 0. The Morgan fingerprint density at radius 3 is 1.26 bits per heavy atom. The summed E-state index contributed by atoms with van der Waals surface area (Å²) in [6, 6.07) is 0. The minimum absolute atomic E-state index is 0.294. The Kier molecular flexibility index (Phi) is 6.91. The van der Waals surface area contributed by atoms with Crippen LogP contribution in [0.1, 0.15) is 83.5 Å². The van der Waals surface area contributed by atoms with Gasteiger partial charge < -0.3 is 10.2 Å². The Balaban J connectivity index is 2.01. The molecular formula is C21H36O2. The second-order valence-electron chi connectivity index (χ2n) is 7.91. The molecule has 0 aromatic heterocycles. The Bertz CT molecular complexity index is 377. The molecule has 2 rings (SSSR count). The van der Waals surface area contributed by atoms with Crippen molar-refractivity contribution in [2.75, 3.05) is 0 Å². The van der Waals surface area contributed by atoms with E-state index in [0.717, 1.165) is 25.7 Å². The van der Waals surface area contributed by atoms with Crippen LogP contribution in [0.25, 0.3) is 0 Å². The van der Waals surface area contributed by atoms with Gasteiger partial charge in [-0.2, -0.15) is 0 Å². The maximum absolute atomic E-state index is 11.2. The van der Waals surface area contributed by atoms with Gasteiger partial charge in [0.1, 0.15) is 0 Å². The lowest BCUT2D eigenvalue weighted by Crippen LogP contribution is -2.42. The van der Waals surface area contributed by atoms with Crippen LogP contribution in [0.15, 0.2) is 25.3 Å². The Labute approximate surface area is 142 Å².